The summed E-state index contributed by atoms with van der Waals surface area (Å²) in [7, 11) is 1.58. The van der Waals surface area contributed by atoms with Gasteiger partial charge in [0.2, 0.25) is 5.95 Å². The molecule has 1 aliphatic rings. The van der Waals surface area contributed by atoms with E-state index in [0.717, 1.165) is 16.6 Å². The van der Waals surface area contributed by atoms with Crippen molar-refractivity contribution in [2.24, 2.45) is 0 Å². The fourth-order valence-corrected chi connectivity index (χ4v) is 3.57. The average Bonchev–Trinajstić information content (AvgIpc) is 3.44. The topological polar surface area (TPSA) is 94.8 Å². The van der Waals surface area contributed by atoms with E-state index >= 15 is 0 Å². The van der Waals surface area contributed by atoms with Crippen LogP contribution in [0, 0.1) is 5.82 Å². The second kappa shape index (κ2) is 7.07. The largest absolute Gasteiger partial charge is 0.495 e. The molecule has 0 saturated heterocycles. The Balaban J connectivity index is 1.51. The Hall–Kier alpha value is -4.07. The van der Waals surface area contributed by atoms with Gasteiger partial charge in [0.05, 0.1) is 29.6 Å². The minimum Gasteiger partial charge on any atom is -0.495 e. The van der Waals surface area contributed by atoms with Crippen LogP contribution in [0.2, 0.25) is 0 Å². The van der Waals surface area contributed by atoms with E-state index in [0.29, 0.717) is 40.7 Å². The predicted octanol–water partition coefficient (Wildman–Crippen LogP) is 4.14. The molecule has 3 heterocycles. The molecule has 0 unspecified atom stereocenters. The molecule has 0 saturated carbocycles. The van der Waals surface area contributed by atoms with Gasteiger partial charge in [0.25, 0.3) is 5.91 Å². The minimum absolute atomic E-state index is 0.196. The Morgan fingerprint density at radius 1 is 1.17 bits per heavy atom. The van der Waals surface area contributed by atoms with E-state index in [9.17, 15) is 9.18 Å². The molecule has 0 spiro atoms. The SMILES string of the molecule is COc1cc[nH]c1/C=C1\C(=O)Nc2ccc3[nH]c(NCc4ccc(F)cc4)nc3c21. The van der Waals surface area contributed by atoms with Crippen LogP contribution < -0.4 is 15.4 Å². The maximum atomic E-state index is 13.1. The van der Waals surface area contributed by atoms with Gasteiger partial charge in [0, 0.05) is 18.3 Å². The van der Waals surface area contributed by atoms with Crippen molar-refractivity contribution in [3.8, 4) is 5.75 Å². The molecule has 0 atom stereocenters. The minimum atomic E-state index is -0.270. The van der Waals surface area contributed by atoms with E-state index in [2.05, 4.69) is 25.6 Å². The third-order valence-electron chi connectivity index (χ3n) is 5.04. The second-order valence-corrected chi connectivity index (χ2v) is 6.92. The number of hydrogen-bond donors (Lipinski definition) is 4. The van der Waals surface area contributed by atoms with Gasteiger partial charge in [-0.15, -0.1) is 0 Å². The van der Waals surface area contributed by atoms with Gasteiger partial charge < -0.3 is 25.3 Å². The molecule has 4 N–H and O–H groups in total. The number of aromatic nitrogens is 3. The number of rotatable bonds is 5. The molecular weight excluding hydrogens is 385 g/mol. The van der Waals surface area contributed by atoms with Gasteiger partial charge in [0.1, 0.15) is 17.1 Å². The third kappa shape index (κ3) is 3.08. The number of fused-ring (bicyclic) bond motifs is 3. The lowest BCUT2D eigenvalue weighted by Gasteiger charge is -2.02. The fraction of sp³-hybridized carbons (Fsp3) is 0.0909. The lowest BCUT2D eigenvalue weighted by atomic mass is 10.0. The maximum Gasteiger partial charge on any atom is 0.256 e. The zero-order valence-electron chi connectivity index (χ0n) is 16.0. The summed E-state index contributed by atoms with van der Waals surface area (Å²) in [5, 5.41) is 6.10. The second-order valence-electron chi connectivity index (χ2n) is 6.92. The molecule has 1 amide bonds. The number of carbonyl (C=O) groups is 1. The van der Waals surface area contributed by atoms with Crippen molar-refractivity contribution in [3.63, 3.8) is 0 Å². The maximum absolute atomic E-state index is 13.1. The molecule has 150 valence electrons. The van der Waals surface area contributed by atoms with Gasteiger partial charge in [-0.2, -0.15) is 0 Å². The summed E-state index contributed by atoms with van der Waals surface area (Å²) >= 11 is 0. The van der Waals surface area contributed by atoms with E-state index in [1.165, 1.54) is 12.1 Å². The van der Waals surface area contributed by atoms with Crippen LogP contribution in [0.15, 0.2) is 48.7 Å². The highest BCUT2D eigenvalue weighted by Crippen LogP contribution is 2.39. The number of H-pyrrole nitrogens is 2. The van der Waals surface area contributed by atoms with Crippen molar-refractivity contribution in [3.05, 3.63) is 71.3 Å². The molecule has 0 bridgehead atoms. The number of imidazole rings is 1. The van der Waals surface area contributed by atoms with E-state index in [1.807, 2.05) is 12.1 Å². The first-order chi connectivity index (χ1) is 14.6. The summed E-state index contributed by atoms with van der Waals surface area (Å²) < 4.78 is 18.4. The first kappa shape index (κ1) is 18.0. The molecule has 2 aromatic carbocycles. The number of aromatic amines is 2. The van der Waals surface area contributed by atoms with Crippen LogP contribution in [-0.4, -0.2) is 28.0 Å². The summed E-state index contributed by atoms with van der Waals surface area (Å²) in [4.78, 5) is 23.6. The number of anilines is 2. The molecule has 1 aliphatic heterocycles. The average molecular weight is 403 g/mol. The smallest absolute Gasteiger partial charge is 0.256 e. The third-order valence-corrected chi connectivity index (χ3v) is 5.04. The van der Waals surface area contributed by atoms with Crippen molar-refractivity contribution in [2.75, 3.05) is 17.7 Å². The number of halogens is 1. The predicted molar refractivity (Wildman–Crippen MR) is 114 cm³/mol. The zero-order valence-corrected chi connectivity index (χ0v) is 16.0. The van der Waals surface area contributed by atoms with Gasteiger partial charge in [0.15, 0.2) is 0 Å². The summed E-state index contributed by atoms with van der Waals surface area (Å²) in [5.74, 6) is 0.754. The number of benzene rings is 2. The Bertz CT molecular complexity index is 1290. The van der Waals surface area contributed by atoms with Gasteiger partial charge >= 0.3 is 0 Å². The highest BCUT2D eigenvalue weighted by atomic mass is 19.1. The van der Waals surface area contributed by atoms with Crippen LogP contribution in [0.3, 0.4) is 0 Å². The van der Waals surface area contributed by atoms with E-state index in [-0.39, 0.29) is 11.7 Å². The highest BCUT2D eigenvalue weighted by molar-refractivity contribution is 6.37. The van der Waals surface area contributed by atoms with Crippen molar-refractivity contribution in [1.29, 1.82) is 0 Å². The molecule has 4 aromatic rings. The Morgan fingerprint density at radius 2 is 2.00 bits per heavy atom. The highest BCUT2D eigenvalue weighted by Gasteiger charge is 2.28. The zero-order chi connectivity index (χ0) is 20.7. The van der Waals surface area contributed by atoms with E-state index in [4.69, 9.17) is 4.74 Å². The fourth-order valence-electron chi connectivity index (χ4n) is 3.57. The normalized spacial score (nSPS) is 14.2. The molecule has 0 aliphatic carbocycles. The quantitative estimate of drug-likeness (QED) is 0.377. The number of nitrogens with one attached hydrogen (secondary N) is 4. The molecule has 8 heteroatoms. The standard InChI is InChI=1S/C22H18FN5O2/c1-30-18-8-9-24-17(18)10-14-19-15(26-21(14)29)6-7-16-20(19)28-22(27-16)25-11-12-2-4-13(23)5-3-12/h2-10,24H,11H2,1H3,(H,26,29)(H2,25,27,28)/b14-10-. The number of methoxy groups -OCH3 is 1. The first-order valence-electron chi connectivity index (χ1n) is 9.38. The molecule has 0 fully saturated rings. The van der Waals surface area contributed by atoms with E-state index in [1.54, 1.807) is 37.6 Å². The number of hydrogen-bond acceptors (Lipinski definition) is 4. The Morgan fingerprint density at radius 3 is 2.80 bits per heavy atom. The lowest BCUT2D eigenvalue weighted by molar-refractivity contribution is -0.110. The number of nitrogens with zero attached hydrogens (tertiary/aromatic N) is 1. The molecule has 5 rings (SSSR count). The van der Waals surface area contributed by atoms with Gasteiger partial charge in [-0.3, -0.25) is 4.79 Å². The van der Waals surface area contributed by atoms with Crippen LogP contribution in [0.5, 0.6) is 5.75 Å². The van der Waals surface area contributed by atoms with Gasteiger partial charge in [-0.1, -0.05) is 12.1 Å². The molecular formula is C22H18FN5O2. The van der Waals surface area contributed by atoms with Crippen molar-refractivity contribution < 1.29 is 13.9 Å². The lowest BCUT2D eigenvalue weighted by Crippen LogP contribution is -2.03. The van der Waals surface area contributed by atoms with Crippen molar-refractivity contribution in [2.45, 2.75) is 6.54 Å². The van der Waals surface area contributed by atoms with Crippen LogP contribution in [0.25, 0.3) is 22.7 Å². The first-order valence-corrected chi connectivity index (χ1v) is 9.38. The summed E-state index contributed by atoms with van der Waals surface area (Å²) in [6.07, 6.45) is 3.52. The molecule has 30 heavy (non-hydrogen) atoms. The number of amides is 1. The van der Waals surface area contributed by atoms with Crippen molar-refractivity contribution in [1.82, 2.24) is 15.0 Å². The van der Waals surface area contributed by atoms with Crippen LogP contribution in [-0.2, 0) is 11.3 Å². The van der Waals surface area contributed by atoms with Crippen LogP contribution >= 0.6 is 0 Å². The Labute approximate surface area is 171 Å². The number of ether oxygens (including phenoxy) is 1. The monoisotopic (exact) mass is 403 g/mol. The van der Waals surface area contributed by atoms with Crippen LogP contribution in [0.4, 0.5) is 16.0 Å². The van der Waals surface area contributed by atoms with Gasteiger partial charge in [-0.05, 0) is 42.0 Å². The van der Waals surface area contributed by atoms with Crippen molar-refractivity contribution >= 4 is 40.2 Å². The number of carbonyl (C=O) groups excluding carboxylic acids is 1. The summed E-state index contributed by atoms with van der Waals surface area (Å²) in [6, 6.07) is 11.8. The summed E-state index contributed by atoms with van der Waals surface area (Å²) in [6.45, 7) is 0.488. The molecule has 2 aromatic heterocycles. The van der Waals surface area contributed by atoms with Crippen LogP contribution in [0.1, 0.15) is 16.8 Å². The molecule has 0 radical (unpaired) electrons. The Kier molecular flexibility index (Phi) is 4.24. The summed E-state index contributed by atoms with van der Waals surface area (Å²) in [5.41, 5.74) is 5.07. The van der Waals surface area contributed by atoms with E-state index < -0.39 is 0 Å². The van der Waals surface area contributed by atoms with Gasteiger partial charge in [-0.25, -0.2) is 9.37 Å². The molecule has 7 nitrogen and oxygen atoms in total.